The molecule has 0 spiro atoms. The molecule has 0 heterocycles. The lowest BCUT2D eigenvalue weighted by Crippen LogP contribution is -2.42. The van der Waals surface area contributed by atoms with Gasteiger partial charge in [0.1, 0.15) is 0 Å². The van der Waals surface area contributed by atoms with Gasteiger partial charge in [-0.25, -0.2) is 0 Å². The van der Waals surface area contributed by atoms with E-state index >= 15 is 0 Å². The maximum atomic E-state index is 3.92. The summed E-state index contributed by atoms with van der Waals surface area (Å²) in [4.78, 5) is 0. The van der Waals surface area contributed by atoms with E-state index in [0.717, 1.165) is 23.9 Å². The first-order valence-electron chi connectivity index (χ1n) is 8.03. The average Bonchev–Trinajstić information content (AvgIpc) is 2.71. The Morgan fingerprint density at radius 1 is 0.647 bits per heavy atom. The Hall–Kier alpha value is -0.0400. The Morgan fingerprint density at radius 3 is 1.41 bits per heavy atom. The van der Waals surface area contributed by atoms with Gasteiger partial charge >= 0.3 is 0 Å². The first-order valence-corrected chi connectivity index (χ1v) is 8.03. The van der Waals surface area contributed by atoms with E-state index in [0.29, 0.717) is 0 Å². The molecule has 0 aromatic carbocycles. The van der Waals surface area contributed by atoms with Gasteiger partial charge in [0.2, 0.25) is 0 Å². The van der Waals surface area contributed by atoms with Gasteiger partial charge in [-0.15, -0.1) is 0 Å². The lowest BCUT2D eigenvalue weighted by Gasteiger charge is -2.30. The second-order valence-electron chi connectivity index (χ2n) is 6.54. The van der Waals surface area contributed by atoms with Gasteiger partial charge in [0, 0.05) is 12.1 Å². The van der Waals surface area contributed by atoms with E-state index in [-0.39, 0.29) is 0 Å². The van der Waals surface area contributed by atoms with Crippen LogP contribution >= 0.6 is 0 Å². The lowest BCUT2D eigenvalue weighted by molar-refractivity contribution is 0.275. The van der Waals surface area contributed by atoms with E-state index in [2.05, 4.69) is 19.2 Å². The monoisotopic (exact) mass is 237 g/mol. The van der Waals surface area contributed by atoms with Crippen molar-refractivity contribution >= 4 is 0 Å². The van der Waals surface area contributed by atoms with Crippen LogP contribution in [0, 0.1) is 11.8 Å². The van der Waals surface area contributed by atoms with E-state index < -0.39 is 0 Å². The molecule has 1 N–H and O–H groups in total. The molecule has 0 aromatic rings. The maximum Gasteiger partial charge on any atom is 0.00695 e. The molecule has 1 heteroatoms. The summed E-state index contributed by atoms with van der Waals surface area (Å²) in [7, 11) is 0. The molecule has 0 radical (unpaired) electrons. The highest BCUT2D eigenvalue weighted by molar-refractivity contribution is 4.82. The van der Waals surface area contributed by atoms with Gasteiger partial charge in [-0.1, -0.05) is 38.5 Å². The lowest BCUT2D eigenvalue weighted by atomic mass is 9.91. The Morgan fingerprint density at radius 2 is 1.00 bits per heavy atom. The van der Waals surface area contributed by atoms with Crippen LogP contribution in [0.25, 0.3) is 0 Å². The largest absolute Gasteiger partial charge is 0.311 e. The summed E-state index contributed by atoms with van der Waals surface area (Å²) in [6.45, 7) is 4.85. The molecule has 0 aromatic heterocycles. The molecule has 2 atom stereocenters. The van der Waals surface area contributed by atoms with E-state index in [1.54, 1.807) is 0 Å². The molecule has 1 unspecified atom stereocenters. The zero-order valence-corrected chi connectivity index (χ0v) is 11.9. The van der Waals surface area contributed by atoms with Gasteiger partial charge in [-0.2, -0.15) is 0 Å². The summed E-state index contributed by atoms with van der Waals surface area (Å²) in [6.07, 6.45) is 14.7. The van der Waals surface area contributed by atoms with Crippen LogP contribution in [0.4, 0.5) is 0 Å². The van der Waals surface area contributed by atoms with Crippen LogP contribution < -0.4 is 5.32 Å². The van der Waals surface area contributed by atoms with Crippen molar-refractivity contribution in [1.82, 2.24) is 5.32 Å². The highest BCUT2D eigenvalue weighted by Gasteiger charge is 2.25. The summed E-state index contributed by atoms with van der Waals surface area (Å²) in [6, 6.07) is 1.49. The quantitative estimate of drug-likeness (QED) is 0.709. The van der Waals surface area contributed by atoms with Crippen LogP contribution in [0.15, 0.2) is 0 Å². The molecule has 2 aliphatic rings. The molecule has 100 valence electrons. The Labute approximate surface area is 108 Å². The highest BCUT2D eigenvalue weighted by Crippen LogP contribution is 2.30. The first kappa shape index (κ1) is 13.4. The molecule has 0 amide bonds. The van der Waals surface area contributed by atoms with Crippen molar-refractivity contribution in [1.29, 1.82) is 0 Å². The first-order chi connectivity index (χ1) is 8.27. The Balaban J connectivity index is 1.76. The van der Waals surface area contributed by atoms with Crippen molar-refractivity contribution in [2.24, 2.45) is 11.8 Å². The van der Waals surface area contributed by atoms with Crippen molar-refractivity contribution in [2.75, 3.05) is 0 Å². The standard InChI is InChI=1S/C16H31N/c1-13(15-9-5-3-4-6-10-15)17-14(2)16-11-7-8-12-16/h13-17H,3-12H2,1-2H3/t13-,14?/m1/s1. The minimum absolute atomic E-state index is 0.740. The molecule has 2 fully saturated rings. The minimum atomic E-state index is 0.740. The zero-order valence-electron chi connectivity index (χ0n) is 11.9. The van der Waals surface area contributed by atoms with Crippen LogP contribution in [0.2, 0.25) is 0 Å². The van der Waals surface area contributed by atoms with Gasteiger partial charge < -0.3 is 5.32 Å². The number of hydrogen-bond donors (Lipinski definition) is 1. The molecule has 0 saturated heterocycles. The third kappa shape index (κ3) is 3.98. The van der Waals surface area contributed by atoms with Crippen molar-refractivity contribution in [3.8, 4) is 0 Å². The van der Waals surface area contributed by atoms with E-state index in [4.69, 9.17) is 0 Å². The fourth-order valence-electron chi connectivity index (χ4n) is 3.96. The molecule has 2 saturated carbocycles. The number of nitrogens with one attached hydrogen (secondary N) is 1. The van der Waals surface area contributed by atoms with Crippen LogP contribution in [0.1, 0.15) is 78.1 Å². The fraction of sp³-hybridized carbons (Fsp3) is 1.00. The van der Waals surface area contributed by atoms with Crippen LogP contribution in [-0.4, -0.2) is 12.1 Å². The van der Waals surface area contributed by atoms with Crippen LogP contribution in [0.5, 0.6) is 0 Å². The molecular formula is C16H31N. The summed E-state index contributed by atoms with van der Waals surface area (Å²) in [5.74, 6) is 1.91. The topological polar surface area (TPSA) is 12.0 Å². The zero-order chi connectivity index (χ0) is 12.1. The molecule has 0 aliphatic heterocycles. The predicted octanol–water partition coefficient (Wildman–Crippen LogP) is 4.51. The summed E-state index contributed by atoms with van der Waals surface area (Å²) < 4.78 is 0. The molecule has 1 nitrogen and oxygen atoms in total. The van der Waals surface area contributed by atoms with Crippen molar-refractivity contribution in [3.05, 3.63) is 0 Å². The smallest absolute Gasteiger partial charge is 0.00695 e. The summed E-state index contributed by atoms with van der Waals surface area (Å²) in [5, 5.41) is 3.92. The SMILES string of the molecule is CC(N[C@H](C)C1CCCCCC1)C1CCCC1. The van der Waals surface area contributed by atoms with E-state index in [1.165, 1.54) is 64.2 Å². The predicted molar refractivity (Wildman–Crippen MR) is 75.2 cm³/mol. The normalized spacial score (nSPS) is 27.9. The Kier molecular flexibility index (Phi) is 5.34. The van der Waals surface area contributed by atoms with Crippen LogP contribution in [0.3, 0.4) is 0 Å². The second-order valence-corrected chi connectivity index (χ2v) is 6.54. The Bertz CT molecular complexity index is 200. The molecule has 2 rings (SSSR count). The maximum absolute atomic E-state index is 3.92. The van der Waals surface area contributed by atoms with Gasteiger partial charge in [-0.05, 0) is 51.4 Å². The summed E-state index contributed by atoms with van der Waals surface area (Å²) in [5.41, 5.74) is 0. The molecular weight excluding hydrogens is 206 g/mol. The van der Waals surface area contributed by atoms with Crippen molar-refractivity contribution < 1.29 is 0 Å². The molecule has 17 heavy (non-hydrogen) atoms. The van der Waals surface area contributed by atoms with Gasteiger partial charge in [-0.3, -0.25) is 0 Å². The highest BCUT2D eigenvalue weighted by atomic mass is 15.0. The third-order valence-corrected chi connectivity index (χ3v) is 5.24. The average molecular weight is 237 g/mol. The van der Waals surface area contributed by atoms with E-state index in [1.807, 2.05) is 0 Å². The minimum Gasteiger partial charge on any atom is -0.311 e. The molecule has 0 bridgehead atoms. The number of rotatable bonds is 4. The third-order valence-electron chi connectivity index (χ3n) is 5.24. The second kappa shape index (κ2) is 6.78. The fourth-order valence-corrected chi connectivity index (χ4v) is 3.96. The number of hydrogen-bond acceptors (Lipinski definition) is 1. The van der Waals surface area contributed by atoms with E-state index in [9.17, 15) is 0 Å². The summed E-state index contributed by atoms with van der Waals surface area (Å²) >= 11 is 0. The van der Waals surface area contributed by atoms with Gasteiger partial charge in [0.15, 0.2) is 0 Å². The van der Waals surface area contributed by atoms with Crippen molar-refractivity contribution in [3.63, 3.8) is 0 Å². The van der Waals surface area contributed by atoms with Crippen molar-refractivity contribution in [2.45, 2.75) is 90.1 Å². The molecule has 2 aliphatic carbocycles. The van der Waals surface area contributed by atoms with Gasteiger partial charge in [0.25, 0.3) is 0 Å². The van der Waals surface area contributed by atoms with Crippen LogP contribution in [-0.2, 0) is 0 Å². The van der Waals surface area contributed by atoms with Gasteiger partial charge in [0.05, 0.1) is 0 Å².